The molecule has 3 N–H and O–H groups in total. The monoisotopic (exact) mass is 393 g/mol. The molecule has 0 atom stereocenters. The minimum Gasteiger partial charge on any atom is -0.335 e. The third-order valence-corrected chi connectivity index (χ3v) is 4.91. The summed E-state index contributed by atoms with van der Waals surface area (Å²) >= 11 is 13.1. The van der Waals surface area contributed by atoms with Gasteiger partial charge in [0.15, 0.2) is 5.82 Å². The Morgan fingerprint density at radius 3 is 2.60 bits per heavy atom. The highest BCUT2D eigenvalue weighted by molar-refractivity contribution is 7.99. The van der Waals surface area contributed by atoms with Gasteiger partial charge in [0.2, 0.25) is 11.1 Å². The van der Waals surface area contributed by atoms with E-state index in [9.17, 15) is 4.79 Å². The zero-order valence-corrected chi connectivity index (χ0v) is 15.1. The second kappa shape index (κ2) is 7.77. The number of nitrogen functional groups attached to an aromatic ring is 1. The Labute approximate surface area is 158 Å². The molecule has 0 fully saturated rings. The molecule has 25 heavy (non-hydrogen) atoms. The Hall–Kier alpha value is -2.22. The summed E-state index contributed by atoms with van der Waals surface area (Å²) in [6.07, 6.45) is 0. The van der Waals surface area contributed by atoms with Crippen molar-refractivity contribution >= 4 is 46.6 Å². The van der Waals surface area contributed by atoms with Crippen molar-refractivity contribution in [3.05, 3.63) is 58.6 Å². The van der Waals surface area contributed by atoms with E-state index in [0.29, 0.717) is 26.6 Å². The maximum atomic E-state index is 12.0. The third kappa shape index (κ3) is 4.25. The fourth-order valence-electron chi connectivity index (χ4n) is 2.06. The molecule has 128 valence electrons. The molecule has 1 heterocycles. The number of amides is 1. The minimum absolute atomic E-state index is 0.157. The number of para-hydroxylation sites is 1. The number of carbonyl (C=O) groups excluding carboxylic acids is 1. The molecule has 0 unspecified atom stereocenters. The Bertz CT molecular complexity index is 901. The van der Waals surface area contributed by atoms with E-state index in [-0.39, 0.29) is 11.7 Å². The molecule has 9 heteroatoms. The number of rotatable bonds is 5. The summed E-state index contributed by atoms with van der Waals surface area (Å²) in [5.41, 5.74) is 1.42. The van der Waals surface area contributed by atoms with Crippen LogP contribution < -0.4 is 11.2 Å². The lowest BCUT2D eigenvalue weighted by Crippen LogP contribution is -2.16. The number of nitrogens with zero attached hydrogens (tertiary/aromatic N) is 3. The van der Waals surface area contributed by atoms with E-state index in [1.165, 1.54) is 16.4 Å². The molecule has 0 aliphatic heterocycles. The summed E-state index contributed by atoms with van der Waals surface area (Å²) in [7, 11) is 0. The van der Waals surface area contributed by atoms with Gasteiger partial charge in [0.05, 0.1) is 15.8 Å². The minimum atomic E-state index is -0.157. The van der Waals surface area contributed by atoms with E-state index in [0.717, 1.165) is 5.69 Å². The van der Waals surface area contributed by atoms with Gasteiger partial charge < -0.3 is 11.2 Å². The van der Waals surface area contributed by atoms with Gasteiger partial charge in [-0.1, -0.05) is 53.2 Å². The van der Waals surface area contributed by atoms with Gasteiger partial charge in [-0.15, -0.1) is 10.2 Å². The number of nitrogens with two attached hydrogens (primary N) is 1. The Morgan fingerprint density at radius 1 is 1.12 bits per heavy atom. The molecule has 0 saturated carbocycles. The van der Waals surface area contributed by atoms with Crippen molar-refractivity contribution in [1.29, 1.82) is 0 Å². The summed E-state index contributed by atoms with van der Waals surface area (Å²) < 4.78 is 1.32. The molecule has 0 saturated heterocycles. The Balaban J connectivity index is 1.67. The lowest BCUT2D eigenvalue weighted by atomic mass is 10.2. The number of hydrogen-bond donors (Lipinski definition) is 2. The third-order valence-electron chi connectivity index (χ3n) is 3.23. The van der Waals surface area contributed by atoms with Gasteiger partial charge in [0.1, 0.15) is 0 Å². The predicted octanol–water partition coefficient (Wildman–Crippen LogP) is 3.70. The predicted molar refractivity (Wildman–Crippen MR) is 101 cm³/mol. The zero-order chi connectivity index (χ0) is 17.8. The van der Waals surface area contributed by atoms with Crippen LogP contribution in [-0.4, -0.2) is 26.5 Å². The van der Waals surface area contributed by atoms with Crippen LogP contribution >= 0.6 is 35.0 Å². The van der Waals surface area contributed by atoms with Gasteiger partial charge in [0, 0.05) is 11.3 Å². The standard InChI is InChI=1S/C16H13Cl2N5OS/c17-12-7-6-10(8-13(12)18)15-21-22-16(23(15)19)25-9-14(24)20-11-4-2-1-3-5-11/h1-8H,9,19H2,(H,20,24). The summed E-state index contributed by atoms with van der Waals surface area (Å²) in [5.74, 6) is 6.46. The molecule has 1 amide bonds. The van der Waals surface area contributed by atoms with Crippen LogP contribution in [0.2, 0.25) is 10.0 Å². The van der Waals surface area contributed by atoms with Gasteiger partial charge in [-0.3, -0.25) is 4.79 Å². The molecule has 0 aliphatic rings. The van der Waals surface area contributed by atoms with E-state index in [1.54, 1.807) is 18.2 Å². The van der Waals surface area contributed by atoms with E-state index in [2.05, 4.69) is 15.5 Å². The molecule has 0 radical (unpaired) electrons. The molecule has 0 bridgehead atoms. The molecular formula is C16H13Cl2N5OS. The van der Waals surface area contributed by atoms with Crippen LogP contribution in [0.3, 0.4) is 0 Å². The molecule has 1 aromatic heterocycles. The SMILES string of the molecule is Nn1c(SCC(=O)Nc2ccccc2)nnc1-c1ccc(Cl)c(Cl)c1. The van der Waals surface area contributed by atoms with E-state index in [4.69, 9.17) is 29.0 Å². The van der Waals surface area contributed by atoms with Gasteiger partial charge in [-0.05, 0) is 30.3 Å². The van der Waals surface area contributed by atoms with Gasteiger partial charge >= 0.3 is 0 Å². The fourth-order valence-corrected chi connectivity index (χ4v) is 3.01. The lowest BCUT2D eigenvalue weighted by Gasteiger charge is -2.06. The van der Waals surface area contributed by atoms with Crippen molar-refractivity contribution < 1.29 is 4.79 Å². The number of benzene rings is 2. The number of hydrogen-bond acceptors (Lipinski definition) is 5. The number of nitrogens with one attached hydrogen (secondary N) is 1. The summed E-state index contributed by atoms with van der Waals surface area (Å²) in [5, 5.41) is 12.1. The second-order valence-electron chi connectivity index (χ2n) is 5.01. The van der Waals surface area contributed by atoms with Crippen molar-refractivity contribution in [3.63, 3.8) is 0 Å². The van der Waals surface area contributed by atoms with Crippen LogP contribution in [0.25, 0.3) is 11.4 Å². The maximum absolute atomic E-state index is 12.0. The van der Waals surface area contributed by atoms with Gasteiger partial charge in [-0.25, -0.2) is 4.68 Å². The van der Waals surface area contributed by atoms with Crippen molar-refractivity contribution in [3.8, 4) is 11.4 Å². The van der Waals surface area contributed by atoms with Crippen molar-refractivity contribution in [2.24, 2.45) is 0 Å². The average Bonchev–Trinajstić information content (AvgIpc) is 2.97. The molecule has 0 aliphatic carbocycles. The largest absolute Gasteiger partial charge is 0.335 e. The molecule has 3 aromatic rings. The van der Waals surface area contributed by atoms with Gasteiger partial charge in [-0.2, -0.15) is 0 Å². The maximum Gasteiger partial charge on any atom is 0.234 e. The van der Waals surface area contributed by atoms with Crippen LogP contribution in [-0.2, 0) is 4.79 Å². The first-order chi connectivity index (χ1) is 12.0. The molecular weight excluding hydrogens is 381 g/mol. The average molecular weight is 394 g/mol. The Morgan fingerprint density at radius 2 is 1.88 bits per heavy atom. The molecule has 3 rings (SSSR count). The lowest BCUT2D eigenvalue weighted by molar-refractivity contribution is -0.113. The normalized spacial score (nSPS) is 10.6. The number of carbonyl (C=O) groups is 1. The first kappa shape index (κ1) is 17.6. The quantitative estimate of drug-likeness (QED) is 0.509. The topological polar surface area (TPSA) is 85.8 Å². The zero-order valence-electron chi connectivity index (χ0n) is 12.8. The molecule has 2 aromatic carbocycles. The molecule has 6 nitrogen and oxygen atoms in total. The smallest absolute Gasteiger partial charge is 0.234 e. The number of halogens is 2. The van der Waals surface area contributed by atoms with Crippen molar-refractivity contribution in [2.75, 3.05) is 16.9 Å². The van der Waals surface area contributed by atoms with E-state index in [1.807, 2.05) is 30.3 Å². The number of aromatic nitrogens is 3. The van der Waals surface area contributed by atoms with Crippen LogP contribution in [0.5, 0.6) is 0 Å². The van der Waals surface area contributed by atoms with Crippen LogP contribution in [0, 0.1) is 0 Å². The number of thioether (sulfide) groups is 1. The van der Waals surface area contributed by atoms with Crippen LogP contribution in [0.15, 0.2) is 53.7 Å². The summed E-state index contributed by atoms with van der Waals surface area (Å²) in [6, 6.07) is 14.3. The Kier molecular flexibility index (Phi) is 5.47. The fraction of sp³-hybridized carbons (Fsp3) is 0.0625. The highest BCUT2D eigenvalue weighted by Gasteiger charge is 2.14. The van der Waals surface area contributed by atoms with Gasteiger partial charge in [0.25, 0.3) is 0 Å². The summed E-state index contributed by atoms with van der Waals surface area (Å²) in [6.45, 7) is 0. The first-order valence-corrected chi connectivity index (χ1v) is 8.92. The highest BCUT2D eigenvalue weighted by Crippen LogP contribution is 2.28. The van der Waals surface area contributed by atoms with E-state index >= 15 is 0 Å². The first-order valence-electron chi connectivity index (χ1n) is 7.18. The highest BCUT2D eigenvalue weighted by atomic mass is 35.5. The number of anilines is 1. The molecule has 0 spiro atoms. The van der Waals surface area contributed by atoms with Crippen molar-refractivity contribution in [1.82, 2.24) is 14.9 Å². The van der Waals surface area contributed by atoms with Crippen LogP contribution in [0.4, 0.5) is 5.69 Å². The van der Waals surface area contributed by atoms with E-state index < -0.39 is 0 Å². The second-order valence-corrected chi connectivity index (χ2v) is 6.76. The van der Waals surface area contributed by atoms with Crippen LogP contribution in [0.1, 0.15) is 0 Å². The van der Waals surface area contributed by atoms with Crippen molar-refractivity contribution in [2.45, 2.75) is 5.16 Å². The summed E-state index contributed by atoms with van der Waals surface area (Å²) in [4.78, 5) is 12.0.